The van der Waals surface area contributed by atoms with Crippen LogP contribution >= 0.6 is 27.5 Å². The largest absolute Gasteiger partial charge is 0.495 e. The molecule has 0 N–H and O–H groups in total. The van der Waals surface area contributed by atoms with Gasteiger partial charge in [0.25, 0.3) is 0 Å². The minimum atomic E-state index is 0.354. The van der Waals surface area contributed by atoms with E-state index in [9.17, 15) is 0 Å². The molecule has 0 atom stereocenters. The molecule has 0 aliphatic carbocycles. The van der Waals surface area contributed by atoms with Gasteiger partial charge in [0.2, 0.25) is 0 Å². The zero-order valence-electron chi connectivity index (χ0n) is 10.8. The van der Waals surface area contributed by atoms with Gasteiger partial charge in [-0.05, 0) is 40.2 Å². The Hall–Kier alpha value is -1.52. The first-order chi connectivity index (χ1) is 9.74. The standard InChI is InChI=1S/C15H12BrClN2O/c1-20-14-8-10(6-7-11(14)16)19-13-5-3-2-4-12(13)18-15(19)9-17/h2-8H,9H2,1H3. The molecule has 0 fully saturated rings. The Morgan fingerprint density at radius 2 is 2.05 bits per heavy atom. The van der Waals surface area contributed by atoms with Crippen molar-refractivity contribution in [1.29, 1.82) is 0 Å². The van der Waals surface area contributed by atoms with Crippen LogP contribution in [0.15, 0.2) is 46.9 Å². The van der Waals surface area contributed by atoms with E-state index in [4.69, 9.17) is 16.3 Å². The number of alkyl halides is 1. The average molecular weight is 352 g/mol. The number of hydrogen-bond donors (Lipinski definition) is 0. The number of imidazole rings is 1. The average Bonchev–Trinajstić information content (AvgIpc) is 2.86. The Bertz CT molecular complexity index is 770. The molecule has 20 heavy (non-hydrogen) atoms. The molecule has 0 bridgehead atoms. The first-order valence-corrected chi connectivity index (χ1v) is 7.43. The Morgan fingerprint density at radius 3 is 2.80 bits per heavy atom. The summed E-state index contributed by atoms with van der Waals surface area (Å²) in [7, 11) is 1.65. The van der Waals surface area contributed by atoms with E-state index in [2.05, 4.69) is 25.5 Å². The molecule has 0 radical (unpaired) electrons. The molecule has 0 saturated carbocycles. The van der Waals surface area contributed by atoms with E-state index in [0.717, 1.165) is 32.8 Å². The number of fused-ring (bicyclic) bond motifs is 1. The monoisotopic (exact) mass is 350 g/mol. The first kappa shape index (κ1) is 13.5. The van der Waals surface area contributed by atoms with Gasteiger partial charge in [0, 0.05) is 6.07 Å². The van der Waals surface area contributed by atoms with Crippen LogP contribution in [-0.2, 0) is 5.88 Å². The van der Waals surface area contributed by atoms with Crippen LogP contribution in [0.2, 0.25) is 0 Å². The number of methoxy groups -OCH3 is 1. The zero-order valence-corrected chi connectivity index (χ0v) is 13.1. The molecule has 0 aliphatic rings. The van der Waals surface area contributed by atoms with Crippen LogP contribution in [0, 0.1) is 0 Å². The van der Waals surface area contributed by atoms with Crippen LogP contribution in [0.5, 0.6) is 5.75 Å². The van der Waals surface area contributed by atoms with E-state index in [1.807, 2.05) is 42.5 Å². The normalized spacial score (nSPS) is 10.9. The Morgan fingerprint density at radius 1 is 1.25 bits per heavy atom. The number of para-hydroxylation sites is 2. The second kappa shape index (κ2) is 5.46. The highest BCUT2D eigenvalue weighted by Gasteiger charge is 2.12. The molecule has 0 unspecified atom stereocenters. The van der Waals surface area contributed by atoms with E-state index in [1.54, 1.807) is 7.11 Å². The van der Waals surface area contributed by atoms with E-state index < -0.39 is 0 Å². The topological polar surface area (TPSA) is 27.1 Å². The summed E-state index contributed by atoms with van der Waals surface area (Å²) in [5, 5.41) is 0. The quantitative estimate of drug-likeness (QED) is 0.648. The molecule has 3 rings (SSSR count). The summed E-state index contributed by atoms with van der Waals surface area (Å²) in [5.74, 6) is 1.95. The SMILES string of the molecule is COc1cc(-n2c(CCl)nc3ccccc32)ccc1Br. The summed E-state index contributed by atoms with van der Waals surface area (Å²) in [5.41, 5.74) is 2.95. The van der Waals surface area contributed by atoms with Crippen molar-refractivity contribution in [1.82, 2.24) is 9.55 Å². The van der Waals surface area contributed by atoms with Crippen LogP contribution in [-0.4, -0.2) is 16.7 Å². The third-order valence-electron chi connectivity index (χ3n) is 3.14. The molecule has 102 valence electrons. The zero-order chi connectivity index (χ0) is 14.1. The van der Waals surface area contributed by atoms with Crippen LogP contribution in [0.3, 0.4) is 0 Å². The number of ether oxygens (including phenoxy) is 1. The van der Waals surface area contributed by atoms with Crippen molar-refractivity contribution in [2.45, 2.75) is 5.88 Å². The van der Waals surface area contributed by atoms with Crippen LogP contribution in [0.1, 0.15) is 5.82 Å². The maximum atomic E-state index is 6.03. The smallest absolute Gasteiger partial charge is 0.135 e. The lowest BCUT2D eigenvalue weighted by molar-refractivity contribution is 0.412. The van der Waals surface area contributed by atoms with Gasteiger partial charge in [-0.3, -0.25) is 4.57 Å². The van der Waals surface area contributed by atoms with Crippen LogP contribution in [0.4, 0.5) is 0 Å². The van der Waals surface area contributed by atoms with Gasteiger partial charge in [-0.15, -0.1) is 11.6 Å². The van der Waals surface area contributed by atoms with Crippen molar-refractivity contribution in [3.05, 3.63) is 52.8 Å². The molecule has 3 aromatic rings. The van der Waals surface area contributed by atoms with E-state index >= 15 is 0 Å². The van der Waals surface area contributed by atoms with Gasteiger partial charge in [-0.1, -0.05) is 12.1 Å². The molecule has 0 spiro atoms. The fourth-order valence-electron chi connectivity index (χ4n) is 2.24. The predicted molar refractivity (Wildman–Crippen MR) is 84.9 cm³/mol. The summed E-state index contributed by atoms with van der Waals surface area (Å²) in [6.45, 7) is 0. The molecule has 0 saturated heterocycles. The van der Waals surface area contributed by atoms with Crippen molar-refractivity contribution in [3.63, 3.8) is 0 Å². The van der Waals surface area contributed by atoms with Crippen molar-refractivity contribution < 1.29 is 4.74 Å². The van der Waals surface area contributed by atoms with Gasteiger partial charge in [0.1, 0.15) is 11.6 Å². The van der Waals surface area contributed by atoms with Gasteiger partial charge in [0.05, 0.1) is 34.2 Å². The third-order valence-corrected chi connectivity index (χ3v) is 4.04. The summed E-state index contributed by atoms with van der Waals surface area (Å²) < 4.78 is 8.33. The minimum Gasteiger partial charge on any atom is -0.495 e. The predicted octanol–water partition coefficient (Wildman–Crippen LogP) is 4.54. The highest BCUT2D eigenvalue weighted by atomic mass is 79.9. The van der Waals surface area contributed by atoms with E-state index in [-0.39, 0.29) is 0 Å². The molecule has 5 heteroatoms. The van der Waals surface area contributed by atoms with Crippen molar-refractivity contribution in [2.24, 2.45) is 0 Å². The number of rotatable bonds is 3. The van der Waals surface area contributed by atoms with Crippen molar-refractivity contribution in [2.75, 3.05) is 7.11 Å². The molecule has 0 aliphatic heterocycles. The molecular weight excluding hydrogens is 340 g/mol. The van der Waals surface area contributed by atoms with Gasteiger partial charge in [0.15, 0.2) is 0 Å². The number of nitrogens with zero attached hydrogens (tertiary/aromatic N) is 2. The highest BCUT2D eigenvalue weighted by molar-refractivity contribution is 9.10. The fraction of sp³-hybridized carbons (Fsp3) is 0.133. The van der Waals surface area contributed by atoms with Crippen molar-refractivity contribution in [3.8, 4) is 11.4 Å². The van der Waals surface area contributed by atoms with Crippen molar-refractivity contribution >= 4 is 38.6 Å². The number of hydrogen-bond acceptors (Lipinski definition) is 2. The van der Waals surface area contributed by atoms with Crippen LogP contribution < -0.4 is 4.74 Å². The number of halogens is 2. The summed E-state index contributed by atoms with van der Waals surface area (Å²) >= 11 is 9.50. The Balaban J connectivity index is 2.28. The highest BCUT2D eigenvalue weighted by Crippen LogP contribution is 2.30. The summed E-state index contributed by atoms with van der Waals surface area (Å²) in [6, 6.07) is 13.9. The van der Waals surface area contributed by atoms with Crippen LogP contribution in [0.25, 0.3) is 16.7 Å². The van der Waals surface area contributed by atoms with Gasteiger partial charge >= 0.3 is 0 Å². The third kappa shape index (κ3) is 2.19. The molecule has 1 aromatic heterocycles. The minimum absolute atomic E-state index is 0.354. The fourth-order valence-corrected chi connectivity index (χ4v) is 2.83. The number of aromatic nitrogens is 2. The lowest BCUT2D eigenvalue weighted by Gasteiger charge is -2.10. The van der Waals surface area contributed by atoms with Gasteiger partial charge < -0.3 is 4.74 Å². The second-order valence-electron chi connectivity index (χ2n) is 4.30. The summed E-state index contributed by atoms with van der Waals surface area (Å²) in [4.78, 5) is 4.56. The lowest BCUT2D eigenvalue weighted by atomic mass is 10.2. The molecule has 0 amide bonds. The molecule has 3 nitrogen and oxygen atoms in total. The summed E-state index contributed by atoms with van der Waals surface area (Å²) in [6.07, 6.45) is 0. The Labute approximate surface area is 130 Å². The number of benzene rings is 2. The molecular formula is C15H12BrClN2O. The maximum Gasteiger partial charge on any atom is 0.135 e. The second-order valence-corrected chi connectivity index (χ2v) is 5.43. The molecule has 1 heterocycles. The Kier molecular flexibility index (Phi) is 3.68. The van der Waals surface area contributed by atoms with E-state index in [0.29, 0.717) is 5.88 Å². The molecule has 2 aromatic carbocycles. The van der Waals surface area contributed by atoms with E-state index in [1.165, 1.54) is 0 Å². The first-order valence-electron chi connectivity index (χ1n) is 6.11. The van der Waals surface area contributed by atoms with Gasteiger partial charge in [-0.25, -0.2) is 4.98 Å². The maximum absolute atomic E-state index is 6.03. The lowest BCUT2D eigenvalue weighted by Crippen LogP contribution is -2.00. The van der Waals surface area contributed by atoms with Gasteiger partial charge in [-0.2, -0.15) is 0 Å².